The standard InChI is InChI=1S/C13H23NO3/c1-12(2,3)17-11(16)14-8-7-13(14)6-4-5-10(15)9-13/h10,15H,4-9H2,1-3H3. The molecule has 0 radical (unpaired) electrons. The summed E-state index contributed by atoms with van der Waals surface area (Å²) in [5, 5.41) is 9.76. The number of aliphatic hydroxyl groups is 1. The molecule has 17 heavy (non-hydrogen) atoms. The van der Waals surface area contributed by atoms with Crippen molar-refractivity contribution in [1.82, 2.24) is 4.90 Å². The Bertz CT molecular complexity index is 310. The molecule has 98 valence electrons. The first-order valence-corrected chi connectivity index (χ1v) is 6.51. The number of amides is 1. The highest BCUT2D eigenvalue weighted by molar-refractivity contribution is 5.70. The van der Waals surface area contributed by atoms with Crippen molar-refractivity contribution in [1.29, 1.82) is 0 Å². The number of ether oxygens (including phenoxy) is 1. The quantitative estimate of drug-likeness (QED) is 0.708. The maximum absolute atomic E-state index is 12.0. The SMILES string of the molecule is CC(C)(C)OC(=O)N1CCC12CCCC(O)C2. The van der Waals surface area contributed by atoms with Crippen molar-refractivity contribution in [3.8, 4) is 0 Å². The average Bonchev–Trinajstić information content (AvgIpc) is 2.12. The van der Waals surface area contributed by atoms with Crippen molar-refractivity contribution >= 4 is 6.09 Å². The summed E-state index contributed by atoms with van der Waals surface area (Å²) in [6, 6.07) is 0. The molecule has 2 aliphatic rings. The van der Waals surface area contributed by atoms with E-state index in [0.29, 0.717) is 6.42 Å². The van der Waals surface area contributed by atoms with Gasteiger partial charge in [-0.2, -0.15) is 0 Å². The molecule has 1 saturated heterocycles. The molecule has 2 unspecified atom stereocenters. The molecule has 1 saturated carbocycles. The summed E-state index contributed by atoms with van der Waals surface area (Å²) in [5.74, 6) is 0. The summed E-state index contributed by atoms with van der Waals surface area (Å²) in [6.45, 7) is 6.41. The number of aliphatic hydroxyl groups excluding tert-OH is 1. The van der Waals surface area contributed by atoms with E-state index in [2.05, 4.69) is 0 Å². The lowest BCUT2D eigenvalue weighted by Crippen LogP contribution is -2.64. The van der Waals surface area contributed by atoms with E-state index in [1.807, 2.05) is 25.7 Å². The van der Waals surface area contributed by atoms with E-state index >= 15 is 0 Å². The van der Waals surface area contributed by atoms with Gasteiger partial charge in [0.15, 0.2) is 0 Å². The number of rotatable bonds is 0. The monoisotopic (exact) mass is 241 g/mol. The number of nitrogens with zero attached hydrogens (tertiary/aromatic N) is 1. The van der Waals surface area contributed by atoms with E-state index in [1.165, 1.54) is 0 Å². The van der Waals surface area contributed by atoms with E-state index in [9.17, 15) is 9.90 Å². The average molecular weight is 241 g/mol. The van der Waals surface area contributed by atoms with Crippen molar-refractivity contribution in [2.75, 3.05) is 6.54 Å². The zero-order chi connectivity index (χ0) is 12.7. The van der Waals surface area contributed by atoms with Crippen LogP contribution in [0.2, 0.25) is 0 Å². The second kappa shape index (κ2) is 4.16. The molecule has 1 spiro atoms. The van der Waals surface area contributed by atoms with E-state index < -0.39 is 5.60 Å². The fourth-order valence-corrected chi connectivity index (χ4v) is 2.92. The van der Waals surface area contributed by atoms with Gasteiger partial charge in [-0.1, -0.05) is 0 Å². The summed E-state index contributed by atoms with van der Waals surface area (Å²) in [5.41, 5.74) is -0.554. The third kappa shape index (κ3) is 2.57. The van der Waals surface area contributed by atoms with Gasteiger partial charge in [0.1, 0.15) is 5.60 Å². The molecule has 4 nitrogen and oxygen atoms in total. The Labute approximate surface area is 103 Å². The molecule has 0 bridgehead atoms. The number of carbonyl (C=O) groups excluding carboxylic acids is 1. The summed E-state index contributed by atoms with van der Waals surface area (Å²) in [4.78, 5) is 13.9. The largest absolute Gasteiger partial charge is 0.444 e. The molecule has 2 fully saturated rings. The van der Waals surface area contributed by atoms with Gasteiger partial charge in [0.05, 0.1) is 11.6 Å². The van der Waals surface area contributed by atoms with Crippen LogP contribution in [0, 0.1) is 0 Å². The number of carbonyl (C=O) groups is 1. The molecule has 4 heteroatoms. The number of hydrogen-bond acceptors (Lipinski definition) is 3. The van der Waals surface area contributed by atoms with Crippen LogP contribution in [0.25, 0.3) is 0 Å². The van der Waals surface area contributed by atoms with Gasteiger partial charge < -0.3 is 14.7 Å². The predicted molar refractivity (Wildman–Crippen MR) is 64.8 cm³/mol. The molecule has 2 atom stereocenters. The molecule has 1 aliphatic heterocycles. The molecule has 2 rings (SSSR count). The lowest BCUT2D eigenvalue weighted by molar-refractivity contribution is -0.0808. The first-order chi connectivity index (χ1) is 7.82. The number of hydrogen-bond donors (Lipinski definition) is 1. The topological polar surface area (TPSA) is 49.8 Å². The number of likely N-dealkylation sites (tertiary alicyclic amines) is 1. The predicted octanol–water partition coefficient (Wildman–Crippen LogP) is 2.30. The highest BCUT2D eigenvalue weighted by atomic mass is 16.6. The summed E-state index contributed by atoms with van der Waals surface area (Å²) in [6.07, 6.45) is 4.11. The molecule has 1 amide bonds. The van der Waals surface area contributed by atoms with Crippen LogP contribution in [-0.2, 0) is 4.74 Å². The highest BCUT2D eigenvalue weighted by Crippen LogP contribution is 2.43. The molecular formula is C13H23NO3. The van der Waals surface area contributed by atoms with Gasteiger partial charge >= 0.3 is 6.09 Å². The minimum atomic E-state index is -0.443. The van der Waals surface area contributed by atoms with Gasteiger partial charge in [0.2, 0.25) is 0 Å². The zero-order valence-electron chi connectivity index (χ0n) is 11.0. The van der Waals surface area contributed by atoms with Crippen molar-refractivity contribution < 1.29 is 14.6 Å². The lowest BCUT2D eigenvalue weighted by Gasteiger charge is -2.55. The van der Waals surface area contributed by atoms with Gasteiger partial charge in [0.25, 0.3) is 0 Å². The zero-order valence-corrected chi connectivity index (χ0v) is 11.0. The van der Waals surface area contributed by atoms with Crippen LogP contribution < -0.4 is 0 Å². The van der Waals surface area contributed by atoms with Crippen LogP contribution in [0.4, 0.5) is 4.79 Å². The molecular weight excluding hydrogens is 218 g/mol. The normalized spacial score (nSPS) is 33.4. The first-order valence-electron chi connectivity index (χ1n) is 6.51. The molecule has 0 aromatic rings. The van der Waals surface area contributed by atoms with Gasteiger partial charge in [0, 0.05) is 6.54 Å². The van der Waals surface area contributed by atoms with Crippen LogP contribution in [0.15, 0.2) is 0 Å². The van der Waals surface area contributed by atoms with Crippen LogP contribution in [-0.4, -0.2) is 39.9 Å². The Morgan fingerprint density at radius 2 is 2.12 bits per heavy atom. The van der Waals surface area contributed by atoms with Crippen LogP contribution in [0.5, 0.6) is 0 Å². The minimum Gasteiger partial charge on any atom is -0.444 e. The molecule has 0 aromatic heterocycles. The minimum absolute atomic E-state index is 0.111. The van der Waals surface area contributed by atoms with Crippen LogP contribution in [0.3, 0.4) is 0 Å². The Balaban J connectivity index is 2.00. The van der Waals surface area contributed by atoms with Gasteiger partial charge in [-0.15, -0.1) is 0 Å². The van der Waals surface area contributed by atoms with Crippen molar-refractivity contribution in [3.05, 3.63) is 0 Å². The lowest BCUT2D eigenvalue weighted by atomic mass is 9.72. The van der Waals surface area contributed by atoms with Crippen LogP contribution >= 0.6 is 0 Å². The van der Waals surface area contributed by atoms with E-state index in [4.69, 9.17) is 4.74 Å². The summed E-state index contributed by atoms with van der Waals surface area (Å²) in [7, 11) is 0. The maximum Gasteiger partial charge on any atom is 0.410 e. The van der Waals surface area contributed by atoms with E-state index in [0.717, 1.165) is 32.2 Å². The van der Waals surface area contributed by atoms with Gasteiger partial charge in [-0.25, -0.2) is 4.79 Å². The molecule has 1 aliphatic carbocycles. The molecule has 1 heterocycles. The summed E-state index contributed by atoms with van der Waals surface area (Å²) >= 11 is 0. The van der Waals surface area contributed by atoms with Crippen molar-refractivity contribution in [2.24, 2.45) is 0 Å². The maximum atomic E-state index is 12.0. The van der Waals surface area contributed by atoms with E-state index in [1.54, 1.807) is 0 Å². The Kier molecular flexibility index (Phi) is 3.10. The Morgan fingerprint density at radius 3 is 2.59 bits per heavy atom. The third-order valence-corrected chi connectivity index (χ3v) is 3.78. The smallest absolute Gasteiger partial charge is 0.410 e. The van der Waals surface area contributed by atoms with Crippen molar-refractivity contribution in [3.63, 3.8) is 0 Å². The Hall–Kier alpha value is -0.770. The third-order valence-electron chi connectivity index (χ3n) is 3.78. The fraction of sp³-hybridized carbons (Fsp3) is 0.923. The second-order valence-corrected chi connectivity index (χ2v) is 6.36. The molecule has 0 aromatic carbocycles. The second-order valence-electron chi connectivity index (χ2n) is 6.36. The Morgan fingerprint density at radius 1 is 1.41 bits per heavy atom. The van der Waals surface area contributed by atoms with E-state index in [-0.39, 0.29) is 17.7 Å². The molecule has 1 N–H and O–H groups in total. The van der Waals surface area contributed by atoms with Crippen LogP contribution in [0.1, 0.15) is 52.9 Å². The van der Waals surface area contributed by atoms with Gasteiger partial charge in [-0.3, -0.25) is 0 Å². The van der Waals surface area contributed by atoms with Crippen molar-refractivity contribution in [2.45, 2.75) is 70.1 Å². The first kappa shape index (κ1) is 12.7. The van der Waals surface area contributed by atoms with Gasteiger partial charge in [-0.05, 0) is 52.9 Å². The fourth-order valence-electron chi connectivity index (χ4n) is 2.92. The highest BCUT2D eigenvalue weighted by Gasteiger charge is 2.50. The summed E-state index contributed by atoms with van der Waals surface area (Å²) < 4.78 is 5.41.